The zero-order chi connectivity index (χ0) is 16.8. The minimum atomic E-state index is -0.365. The molecule has 0 aliphatic rings. The molecule has 2 rings (SSSR count). The largest absolute Gasteiger partial charge is 0.343 e. The maximum Gasteiger partial charge on any atom is 0.343 e. The molecule has 23 heavy (non-hydrogen) atoms. The monoisotopic (exact) mass is 338 g/mol. The Bertz CT molecular complexity index is 741. The number of aromatic nitrogens is 3. The van der Waals surface area contributed by atoms with Crippen LogP contribution < -0.4 is 11.0 Å². The molecule has 1 heterocycles. The number of anilines is 1. The van der Waals surface area contributed by atoms with Crippen LogP contribution in [0.5, 0.6) is 0 Å². The van der Waals surface area contributed by atoms with Crippen molar-refractivity contribution in [1.29, 1.82) is 0 Å². The van der Waals surface area contributed by atoms with Crippen molar-refractivity contribution >= 4 is 23.4 Å². The maximum atomic E-state index is 13.4. The van der Waals surface area contributed by atoms with Gasteiger partial charge in [0.05, 0.1) is 5.75 Å². The van der Waals surface area contributed by atoms with E-state index in [2.05, 4.69) is 15.5 Å². The molecule has 8 heteroatoms. The number of carbonyl (C=O) groups excluding carboxylic acids is 1. The van der Waals surface area contributed by atoms with E-state index in [1.54, 1.807) is 19.1 Å². The van der Waals surface area contributed by atoms with Gasteiger partial charge in [-0.1, -0.05) is 31.2 Å². The number of H-pyrrole nitrogens is 1. The quantitative estimate of drug-likeness (QED) is 0.761. The molecule has 0 bridgehead atoms. The summed E-state index contributed by atoms with van der Waals surface area (Å²) >= 11 is 1.17. The van der Waals surface area contributed by atoms with Crippen molar-refractivity contribution in [3.8, 4) is 0 Å². The van der Waals surface area contributed by atoms with Gasteiger partial charge in [-0.05, 0) is 31.0 Å². The predicted octanol–water partition coefficient (Wildman–Crippen LogP) is 2.55. The van der Waals surface area contributed by atoms with Gasteiger partial charge in [-0.15, -0.1) is 5.10 Å². The number of hydrogen-bond acceptors (Lipinski definition) is 4. The Morgan fingerprint density at radius 3 is 2.96 bits per heavy atom. The van der Waals surface area contributed by atoms with Gasteiger partial charge in [-0.25, -0.2) is 14.3 Å². The minimum absolute atomic E-state index is 0.0892. The van der Waals surface area contributed by atoms with E-state index in [1.807, 2.05) is 6.92 Å². The molecule has 0 aliphatic heterocycles. The highest BCUT2D eigenvalue weighted by Gasteiger charge is 2.11. The van der Waals surface area contributed by atoms with Gasteiger partial charge in [0, 0.05) is 12.2 Å². The summed E-state index contributed by atoms with van der Waals surface area (Å²) in [5, 5.41) is 9.42. The van der Waals surface area contributed by atoms with E-state index >= 15 is 0 Å². The maximum absolute atomic E-state index is 13.4. The van der Waals surface area contributed by atoms with E-state index in [9.17, 15) is 14.0 Å². The SMILES string of the molecule is CCCCn1c(SCC(=O)Nc2ccc(C)c(F)c2)n[nH]c1=O. The molecule has 2 aromatic rings. The molecule has 1 aromatic carbocycles. The summed E-state index contributed by atoms with van der Waals surface area (Å²) in [6.45, 7) is 4.26. The molecule has 0 saturated heterocycles. The molecule has 0 atom stereocenters. The lowest BCUT2D eigenvalue weighted by molar-refractivity contribution is -0.113. The second kappa shape index (κ2) is 7.96. The zero-order valence-electron chi connectivity index (χ0n) is 13.1. The van der Waals surface area contributed by atoms with Crippen LogP contribution in [0.15, 0.2) is 28.2 Å². The number of rotatable bonds is 7. The van der Waals surface area contributed by atoms with Crippen LogP contribution >= 0.6 is 11.8 Å². The molecule has 0 aliphatic carbocycles. The molecular formula is C15H19FN4O2S. The number of thioether (sulfide) groups is 1. The van der Waals surface area contributed by atoms with Crippen molar-refractivity contribution in [2.45, 2.75) is 38.4 Å². The summed E-state index contributed by atoms with van der Waals surface area (Å²) in [7, 11) is 0. The first-order chi connectivity index (χ1) is 11.0. The number of unbranched alkanes of at least 4 members (excludes halogenated alkanes) is 1. The molecule has 0 unspecified atom stereocenters. The fourth-order valence-corrected chi connectivity index (χ4v) is 2.70. The van der Waals surface area contributed by atoms with Crippen LogP contribution in [-0.2, 0) is 11.3 Å². The molecule has 0 radical (unpaired) electrons. The molecule has 1 amide bonds. The summed E-state index contributed by atoms with van der Waals surface area (Å²) in [5.41, 5.74) is 0.653. The first kappa shape index (κ1) is 17.3. The number of aromatic amines is 1. The van der Waals surface area contributed by atoms with Gasteiger partial charge in [-0.2, -0.15) is 0 Å². The molecule has 6 nitrogen and oxygen atoms in total. The second-order valence-electron chi connectivity index (χ2n) is 5.12. The van der Waals surface area contributed by atoms with Gasteiger partial charge < -0.3 is 5.32 Å². The Morgan fingerprint density at radius 1 is 1.48 bits per heavy atom. The third-order valence-corrected chi connectivity index (χ3v) is 4.22. The van der Waals surface area contributed by atoms with Crippen molar-refractivity contribution in [1.82, 2.24) is 14.8 Å². The number of halogens is 1. The highest BCUT2D eigenvalue weighted by Crippen LogP contribution is 2.16. The minimum Gasteiger partial charge on any atom is -0.325 e. The van der Waals surface area contributed by atoms with Crippen molar-refractivity contribution in [3.05, 3.63) is 40.1 Å². The highest BCUT2D eigenvalue weighted by molar-refractivity contribution is 7.99. The lowest BCUT2D eigenvalue weighted by atomic mass is 10.2. The number of nitrogens with zero attached hydrogens (tertiary/aromatic N) is 2. The topological polar surface area (TPSA) is 79.8 Å². The van der Waals surface area contributed by atoms with E-state index in [0.717, 1.165) is 12.8 Å². The Kier molecular flexibility index (Phi) is 5.97. The Hall–Kier alpha value is -2.09. The van der Waals surface area contributed by atoms with E-state index in [0.29, 0.717) is 23.0 Å². The smallest absolute Gasteiger partial charge is 0.325 e. The molecule has 0 saturated carbocycles. The fourth-order valence-electron chi connectivity index (χ4n) is 1.92. The predicted molar refractivity (Wildman–Crippen MR) is 88.2 cm³/mol. The summed E-state index contributed by atoms with van der Waals surface area (Å²) in [5.74, 6) is -0.557. The Morgan fingerprint density at radius 2 is 2.26 bits per heavy atom. The fraction of sp³-hybridized carbons (Fsp3) is 0.400. The van der Waals surface area contributed by atoms with Crippen molar-refractivity contribution < 1.29 is 9.18 Å². The van der Waals surface area contributed by atoms with Crippen molar-refractivity contribution in [3.63, 3.8) is 0 Å². The summed E-state index contributed by atoms with van der Waals surface area (Å²) in [4.78, 5) is 23.6. The van der Waals surface area contributed by atoms with Crippen molar-refractivity contribution in [2.75, 3.05) is 11.1 Å². The van der Waals surface area contributed by atoms with E-state index in [4.69, 9.17) is 0 Å². The molecule has 0 fully saturated rings. The van der Waals surface area contributed by atoms with Gasteiger partial charge in [0.2, 0.25) is 5.91 Å². The highest BCUT2D eigenvalue weighted by atomic mass is 32.2. The first-order valence-electron chi connectivity index (χ1n) is 7.35. The molecule has 0 spiro atoms. The lowest BCUT2D eigenvalue weighted by Crippen LogP contribution is -2.19. The number of aryl methyl sites for hydroxylation is 1. The lowest BCUT2D eigenvalue weighted by Gasteiger charge is -2.07. The number of nitrogens with one attached hydrogen (secondary N) is 2. The molecule has 2 N–H and O–H groups in total. The number of amides is 1. The van der Waals surface area contributed by atoms with Crippen LogP contribution in [0.4, 0.5) is 10.1 Å². The summed E-state index contributed by atoms with van der Waals surface area (Å²) in [6, 6.07) is 4.53. The van der Waals surface area contributed by atoms with E-state index < -0.39 is 0 Å². The summed E-state index contributed by atoms with van der Waals surface area (Å²) in [6.07, 6.45) is 1.82. The van der Waals surface area contributed by atoms with Gasteiger partial charge in [0.25, 0.3) is 0 Å². The van der Waals surface area contributed by atoms with Gasteiger partial charge in [-0.3, -0.25) is 9.36 Å². The van der Waals surface area contributed by atoms with Crippen LogP contribution in [0.25, 0.3) is 0 Å². The third kappa shape index (κ3) is 4.69. The molecular weight excluding hydrogens is 319 g/mol. The van der Waals surface area contributed by atoms with Gasteiger partial charge >= 0.3 is 5.69 Å². The van der Waals surface area contributed by atoms with Crippen LogP contribution in [0, 0.1) is 12.7 Å². The number of carbonyl (C=O) groups is 1. The van der Waals surface area contributed by atoms with Crippen LogP contribution in [0.1, 0.15) is 25.3 Å². The van der Waals surface area contributed by atoms with E-state index in [1.165, 1.54) is 22.4 Å². The Balaban J connectivity index is 1.94. The van der Waals surface area contributed by atoms with E-state index in [-0.39, 0.29) is 23.2 Å². The van der Waals surface area contributed by atoms with Crippen LogP contribution in [0.3, 0.4) is 0 Å². The first-order valence-corrected chi connectivity index (χ1v) is 8.33. The van der Waals surface area contributed by atoms with Crippen LogP contribution in [-0.4, -0.2) is 26.4 Å². The number of hydrogen-bond donors (Lipinski definition) is 2. The van der Waals surface area contributed by atoms with Crippen LogP contribution in [0.2, 0.25) is 0 Å². The standard InChI is InChI=1S/C15H19FN4O2S/c1-3-4-7-20-14(22)18-19-15(20)23-9-13(21)17-11-6-5-10(2)12(16)8-11/h5-6,8H,3-4,7,9H2,1-2H3,(H,17,21)(H,18,22). The van der Waals surface area contributed by atoms with Gasteiger partial charge in [0.1, 0.15) is 5.82 Å². The number of benzene rings is 1. The molecule has 1 aromatic heterocycles. The summed E-state index contributed by atoms with van der Waals surface area (Å²) < 4.78 is 15.0. The second-order valence-corrected chi connectivity index (χ2v) is 6.06. The van der Waals surface area contributed by atoms with Crippen molar-refractivity contribution in [2.24, 2.45) is 0 Å². The third-order valence-electron chi connectivity index (χ3n) is 3.25. The Labute approximate surface area is 137 Å². The van der Waals surface area contributed by atoms with Gasteiger partial charge in [0.15, 0.2) is 5.16 Å². The molecule has 124 valence electrons. The normalized spacial score (nSPS) is 10.7. The zero-order valence-corrected chi connectivity index (χ0v) is 13.9. The average Bonchev–Trinajstić information content (AvgIpc) is 2.87. The average molecular weight is 338 g/mol.